The summed E-state index contributed by atoms with van der Waals surface area (Å²) in [4.78, 5) is 28.8. The van der Waals surface area contributed by atoms with Gasteiger partial charge in [0.05, 0.1) is 6.61 Å². The lowest BCUT2D eigenvalue weighted by Gasteiger charge is -2.47. The second-order valence-corrected chi connectivity index (χ2v) is 8.56. The van der Waals surface area contributed by atoms with Crippen molar-refractivity contribution in [1.29, 1.82) is 0 Å². The zero-order valence-corrected chi connectivity index (χ0v) is 16.0. The molecule has 1 aromatic carbocycles. The van der Waals surface area contributed by atoms with Crippen molar-refractivity contribution in [3.8, 4) is 0 Å². The molecule has 0 bridgehead atoms. The molecule has 5 nitrogen and oxygen atoms in total. The highest BCUT2D eigenvalue weighted by Gasteiger charge is 2.41. The van der Waals surface area contributed by atoms with Crippen molar-refractivity contribution in [2.24, 2.45) is 5.41 Å². The predicted molar refractivity (Wildman–Crippen MR) is 103 cm³/mol. The van der Waals surface area contributed by atoms with Crippen LogP contribution in [0.25, 0.3) is 0 Å². The van der Waals surface area contributed by atoms with E-state index in [0.29, 0.717) is 25.3 Å². The third-order valence-electron chi connectivity index (χ3n) is 6.97. The highest BCUT2D eigenvalue weighted by atomic mass is 16.3. The number of β-amino-alcohol motifs (C(OH)–C–C–N with tert-alkyl or cyclic N) is 1. The number of benzene rings is 1. The molecule has 5 heteroatoms. The monoisotopic (exact) mass is 370 g/mol. The van der Waals surface area contributed by atoms with Crippen molar-refractivity contribution in [2.45, 2.75) is 50.9 Å². The van der Waals surface area contributed by atoms with Crippen molar-refractivity contribution in [1.82, 2.24) is 9.80 Å². The minimum atomic E-state index is 0.0231. The Morgan fingerprint density at radius 1 is 1.15 bits per heavy atom. The number of likely N-dealkylation sites (tertiary alicyclic amines) is 2. The van der Waals surface area contributed by atoms with E-state index in [0.717, 1.165) is 51.7 Å². The van der Waals surface area contributed by atoms with Crippen LogP contribution in [0.3, 0.4) is 0 Å². The summed E-state index contributed by atoms with van der Waals surface area (Å²) in [6, 6.07) is 8.53. The Hall–Kier alpha value is -1.88. The van der Waals surface area contributed by atoms with Gasteiger partial charge >= 0.3 is 0 Å². The summed E-state index contributed by atoms with van der Waals surface area (Å²) in [6.45, 7) is 2.80. The number of aliphatic hydroxyl groups is 1. The Bertz CT molecular complexity index is 709. The molecule has 2 amide bonds. The zero-order chi connectivity index (χ0) is 18.9. The summed E-state index contributed by atoms with van der Waals surface area (Å²) in [6.07, 6.45) is 6.23. The fourth-order valence-electron chi connectivity index (χ4n) is 5.26. The van der Waals surface area contributed by atoms with Crippen molar-refractivity contribution >= 4 is 11.8 Å². The van der Waals surface area contributed by atoms with Crippen LogP contribution in [0.1, 0.15) is 55.6 Å². The van der Waals surface area contributed by atoms with E-state index < -0.39 is 0 Å². The number of amides is 2. The van der Waals surface area contributed by atoms with Gasteiger partial charge in [0.25, 0.3) is 0 Å². The molecule has 2 saturated heterocycles. The van der Waals surface area contributed by atoms with Crippen LogP contribution in [0.2, 0.25) is 0 Å². The van der Waals surface area contributed by atoms with Gasteiger partial charge in [-0.15, -0.1) is 0 Å². The maximum absolute atomic E-state index is 12.9. The van der Waals surface area contributed by atoms with Crippen LogP contribution in [-0.4, -0.2) is 59.5 Å². The summed E-state index contributed by atoms with van der Waals surface area (Å²) in [7, 11) is 0. The highest BCUT2D eigenvalue weighted by Crippen LogP contribution is 2.41. The molecule has 146 valence electrons. The molecule has 27 heavy (non-hydrogen) atoms. The second kappa shape index (κ2) is 7.63. The van der Waals surface area contributed by atoms with Crippen LogP contribution in [-0.2, 0) is 16.0 Å². The number of aliphatic hydroxyl groups excluding tert-OH is 1. The summed E-state index contributed by atoms with van der Waals surface area (Å²) in [5.74, 6) is 0.815. The third-order valence-corrected chi connectivity index (χ3v) is 6.97. The first kappa shape index (κ1) is 18.5. The van der Waals surface area contributed by atoms with E-state index in [2.05, 4.69) is 24.3 Å². The lowest BCUT2D eigenvalue weighted by atomic mass is 9.72. The minimum absolute atomic E-state index is 0.0231. The van der Waals surface area contributed by atoms with Crippen LogP contribution in [0.15, 0.2) is 24.3 Å². The van der Waals surface area contributed by atoms with E-state index in [9.17, 15) is 14.7 Å². The fourth-order valence-corrected chi connectivity index (χ4v) is 5.26. The normalized spacial score (nSPS) is 24.3. The lowest BCUT2D eigenvalue weighted by Crippen LogP contribution is -2.52. The molecule has 1 aliphatic carbocycles. The molecule has 4 rings (SSSR count). The number of hydrogen-bond donors (Lipinski definition) is 1. The van der Waals surface area contributed by atoms with Gasteiger partial charge < -0.3 is 14.9 Å². The Morgan fingerprint density at radius 2 is 1.93 bits per heavy atom. The van der Waals surface area contributed by atoms with Gasteiger partial charge in [0.1, 0.15) is 0 Å². The van der Waals surface area contributed by atoms with E-state index in [-0.39, 0.29) is 23.8 Å². The number of piperidine rings is 2. The molecule has 1 atom stereocenters. The van der Waals surface area contributed by atoms with E-state index >= 15 is 0 Å². The summed E-state index contributed by atoms with van der Waals surface area (Å²) < 4.78 is 0. The molecule has 2 heterocycles. The van der Waals surface area contributed by atoms with Crippen LogP contribution >= 0.6 is 0 Å². The zero-order valence-electron chi connectivity index (χ0n) is 16.0. The number of carbonyl (C=O) groups excluding carboxylic acids is 2. The van der Waals surface area contributed by atoms with Crippen LogP contribution < -0.4 is 0 Å². The van der Waals surface area contributed by atoms with Crippen molar-refractivity contribution in [2.75, 3.05) is 32.8 Å². The maximum atomic E-state index is 12.9. The molecule has 0 saturated carbocycles. The maximum Gasteiger partial charge on any atom is 0.223 e. The molecule has 1 unspecified atom stereocenters. The number of nitrogens with zero attached hydrogens (tertiary/aromatic N) is 2. The van der Waals surface area contributed by atoms with Crippen LogP contribution in [0, 0.1) is 5.41 Å². The molecule has 1 aromatic rings. The largest absolute Gasteiger partial charge is 0.395 e. The number of fused-ring (bicyclic) bond motifs is 1. The number of aryl methyl sites for hydroxylation is 1. The van der Waals surface area contributed by atoms with Gasteiger partial charge in [0.2, 0.25) is 11.8 Å². The fraction of sp³-hybridized carbons (Fsp3) is 0.636. The minimum Gasteiger partial charge on any atom is -0.395 e. The summed E-state index contributed by atoms with van der Waals surface area (Å²) in [5, 5.41) is 9.20. The van der Waals surface area contributed by atoms with Crippen molar-refractivity contribution in [3.05, 3.63) is 35.4 Å². The molecular formula is C22H30N2O3. The average Bonchev–Trinajstić information content (AvgIpc) is 3.09. The quantitative estimate of drug-likeness (QED) is 0.885. The molecule has 2 aliphatic heterocycles. The highest BCUT2D eigenvalue weighted by molar-refractivity contribution is 5.78. The number of rotatable bonds is 4. The van der Waals surface area contributed by atoms with Crippen LogP contribution in [0.4, 0.5) is 0 Å². The van der Waals surface area contributed by atoms with Gasteiger partial charge in [0.15, 0.2) is 0 Å². The van der Waals surface area contributed by atoms with E-state index in [1.807, 2.05) is 9.80 Å². The SMILES string of the molecule is O=C(CC1CCc2ccccc21)N1CCC2(CCC(=O)N(CCO)C2)CC1. The standard InChI is InChI=1S/C22H30N2O3/c25-14-13-24-16-22(8-7-20(24)26)9-11-23(12-10-22)21(27)15-18-6-5-17-3-1-2-4-19(17)18/h1-4,18,25H,5-16H2. The Morgan fingerprint density at radius 3 is 2.70 bits per heavy atom. The third kappa shape index (κ3) is 3.75. The second-order valence-electron chi connectivity index (χ2n) is 8.56. The first-order valence-electron chi connectivity index (χ1n) is 10.3. The summed E-state index contributed by atoms with van der Waals surface area (Å²) >= 11 is 0. The molecule has 1 N–H and O–H groups in total. The smallest absolute Gasteiger partial charge is 0.223 e. The lowest BCUT2D eigenvalue weighted by molar-refractivity contribution is -0.143. The Kier molecular flexibility index (Phi) is 5.22. The molecule has 2 fully saturated rings. The van der Waals surface area contributed by atoms with Gasteiger partial charge in [-0.05, 0) is 54.6 Å². The molecule has 3 aliphatic rings. The molecule has 0 aromatic heterocycles. The topological polar surface area (TPSA) is 60.9 Å². The summed E-state index contributed by atoms with van der Waals surface area (Å²) in [5.41, 5.74) is 2.91. The van der Waals surface area contributed by atoms with E-state index in [1.165, 1.54) is 11.1 Å². The first-order chi connectivity index (χ1) is 13.1. The van der Waals surface area contributed by atoms with Crippen molar-refractivity contribution in [3.63, 3.8) is 0 Å². The predicted octanol–water partition coefficient (Wildman–Crippen LogP) is 2.33. The van der Waals surface area contributed by atoms with Gasteiger partial charge in [0, 0.05) is 39.0 Å². The number of carbonyl (C=O) groups is 2. The van der Waals surface area contributed by atoms with E-state index in [4.69, 9.17) is 0 Å². The van der Waals surface area contributed by atoms with Crippen LogP contribution in [0.5, 0.6) is 0 Å². The molecule has 0 radical (unpaired) electrons. The molecular weight excluding hydrogens is 340 g/mol. The van der Waals surface area contributed by atoms with E-state index in [1.54, 1.807) is 0 Å². The Balaban J connectivity index is 1.33. The first-order valence-corrected chi connectivity index (χ1v) is 10.3. The van der Waals surface area contributed by atoms with Gasteiger partial charge in [-0.25, -0.2) is 0 Å². The van der Waals surface area contributed by atoms with Gasteiger partial charge in [-0.1, -0.05) is 24.3 Å². The molecule has 1 spiro atoms. The van der Waals surface area contributed by atoms with Gasteiger partial charge in [-0.3, -0.25) is 9.59 Å². The van der Waals surface area contributed by atoms with Crippen molar-refractivity contribution < 1.29 is 14.7 Å². The number of hydrogen-bond acceptors (Lipinski definition) is 3. The Labute approximate surface area is 161 Å². The average molecular weight is 370 g/mol. The van der Waals surface area contributed by atoms with Gasteiger partial charge in [-0.2, -0.15) is 0 Å².